The van der Waals surface area contributed by atoms with E-state index in [2.05, 4.69) is 5.32 Å². The molecule has 0 fully saturated rings. The van der Waals surface area contributed by atoms with Gasteiger partial charge in [-0.2, -0.15) is 0 Å². The van der Waals surface area contributed by atoms with Crippen LogP contribution in [0.15, 0.2) is 36.4 Å². The minimum Gasteiger partial charge on any atom is -0.319 e. The van der Waals surface area contributed by atoms with E-state index in [9.17, 15) is 9.59 Å². The van der Waals surface area contributed by atoms with Crippen LogP contribution in [-0.4, -0.2) is 11.7 Å². The van der Waals surface area contributed by atoms with Crippen LogP contribution < -0.4 is 5.32 Å². The lowest BCUT2D eigenvalue weighted by Crippen LogP contribution is -2.25. The molecule has 0 unspecified atom stereocenters. The highest BCUT2D eigenvalue weighted by Gasteiger charge is 2.21. The van der Waals surface area contributed by atoms with Crippen molar-refractivity contribution in [2.24, 2.45) is 0 Å². The molecule has 2 aromatic carbocycles. The highest BCUT2D eigenvalue weighted by atomic mass is 16.2. The smallest absolute Gasteiger partial charge is 0.296 e. The first kappa shape index (κ1) is 15.0. The molecule has 0 radical (unpaired) electrons. The summed E-state index contributed by atoms with van der Waals surface area (Å²) in [6.45, 7) is 7.50. The van der Waals surface area contributed by atoms with Gasteiger partial charge >= 0.3 is 0 Å². The standard InChI is InChI=1S/C18H19NO2/c1-11-7-5-8-12(2)15(11)17(20)18(21)19-16-13(3)9-6-10-14(16)4/h5-10H,1-4H3,(H,19,21). The van der Waals surface area contributed by atoms with Gasteiger partial charge in [0.15, 0.2) is 0 Å². The lowest BCUT2D eigenvalue weighted by molar-refractivity contribution is -0.112. The average Bonchev–Trinajstić information content (AvgIpc) is 2.42. The van der Waals surface area contributed by atoms with Gasteiger partial charge in [0.25, 0.3) is 11.7 Å². The average molecular weight is 281 g/mol. The summed E-state index contributed by atoms with van der Waals surface area (Å²) in [6, 6.07) is 11.3. The van der Waals surface area contributed by atoms with Crippen LogP contribution in [0.4, 0.5) is 5.69 Å². The SMILES string of the molecule is Cc1cccc(C)c1NC(=O)C(=O)c1c(C)cccc1C. The topological polar surface area (TPSA) is 46.2 Å². The summed E-state index contributed by atoms with van der Waals surface area (Å²) < 4.78 is 0. The Labute approximate surface area is 125 Å². The predicted octanol–water partition coefficient (Wildman–Crippen LogP) is 3.74. The molecule has 0 spiro atoms. The Morgan fingerprint density at radius 1 is 0.762 bits per heavy atom. The molecule has 2 rings (SSSR count). The number of aryl methyl sites for hydroxylation is 4. The van der Waals surface area contributed by atoms with E-state index in [0.717, 1.165) is 22.3 Å². The van der Waals surface area contributed by atoms with Gasteiger partial charge in [0.2, 0.25) is 0 Å². The van der Waals surface area contributed by atoms with E-state index >= 15 is 0 Å². The normalized spacial score (nSPS) is 10.3. The number of ketones is 1. The van der Waals surface area contributed by atoms with Gasteiger partial charge in [-0.15, -0.1) is 0 Å². The Bertz CT molecular complexity index is 677. The maximum Gasteiger partial charge on any atom is 0.296 e. The third-order valence-corrected chi connectivity index (χ3v) is 3.63. The van der Waals surface area contributed by atoms with Gasteiger partial charge in [-0.05, 0) is 49.9 Å². The summed E-state index contributed by atoms with van der Waals surface area (Å²) in [6.07, 6.45) is 0. The minimum absolute atomic E-state index is 0.487. The molecule has 0 aliphatic carbocycles. The predicted molar refractivity (Wildman–Crippen MR) is 84.8 cm³/mol. The van der Waals surface area contributed by atoms with Crippen LogP contribution in [0.2, 0.25) is 0 Å². The van der Waals surface area contributed by atoms with Crippen molar-refractivity contribution in [1.82, 2.24) is 0 Å². The number of hydrogen-bond acceptors (Lipinski definition) is 2. The van der Waals surface area contributed by atoms with Crippen molar-refractivity contribution in [3.63, 3.8) is 0 Å². The second-order valence-corrected chi connectivity index (χ2v) is 5.32. The molecule has 1 N–H and O–H groups in total. The quantitative estimate of drug-likeness (QED) is 0.688. The van der Waals surface area contributed by atoms with E-state index in [-0.39, 0.29) is 0 Å². The number of nitrogens with one attached hydrogen (secondary N) is 1. The number of benzene rings is 2. The molecule has 108 valence electrons. The van der Waals surface area contributed by atoms with Gasteiger partial charge < -0.3 is 5.32 Å². The van der Waals surface area contributed by atoms with Gasteiger partial charge in [-0.1, -0.05) is 36.4 Å². The number of carbonyl (C=O) groups excluding carboxylic acids is 2. The molecule has 0 heterocycles. The minimum atomic E-state index is -0.593. The van der Waals surface area contributed by atoms with Crippen LogP contribution >= 0.6 is 0 Å². The van der Waals surface area contributed by atoms with Crippen LogP contribution in [0.3, 0.4) is 0 Å². The van der Waals surface area contributed by atoms with Crippen molar-refractivity contribution in [3.05, 3.63) is 64.2 Å². The number of Topliss-reactive ketones (excluding diaryl/α,β-unsaturated/α-hetero) is 1. The van der Waals surface area contributed by atoms with Crippen LogP contribution in [0, 0.1) is 27.7 Å². The van der Waals surface area contributed by atoms with Crippen LogP contribution in [0.5, 0.6) is 0 Å². The summed E-state index contributed by atoms with van der Waals surface area (Å²) in [5, 5.41) is 2.74. The number of amides is 1. The highest BCUT2D eigenvalue weighted by Crippen LogP contribution is 2.20. The molecule has 0 saturated heterocycles. The molecule has 0 aromatic heterocycles. The van der Waals surface area contributed by atoms with Crippen molar-refractivity contribution in [2.45, 2.75) is 27.7 Å². The van der Waals surface area contributed by atoms with Crippen LogP contribution in [-0.2, 0) is 4.79 Å². The van der Waals surface area contributed by atoms with Crippen molar-refractivity contribution >= 4 is 17.4 Å². The lowest BCUT2D eigenvalue weighted by atomic mass is 9.98. The Balaban J connectivity index is 2.31. The van der Waals surface area contributed by atoms with E-state index in [4.69, 9.17) is 0 Å². The monoisotopic (exact) mass is 281 g/mol. The number of hydrogen-bond donors (Lipinski definition) is 1. The third kappa shape index (κ3) is 3.02. The zero-order valence-corrected chi connectivity index (χ0v) is 12.8. The fourth-order valence-electron chi connectivity index (χ4n) is 2.47. The van der Waals surface area contributed by atoms with Crippen LogP contribution in [0.1, 0.15) is 32.6 Å². The molecule has 3 heteroatoms. The molecule has 0 bridgehead atoms. The van der Waals surface area contributed by atoms with E-state index < -0.39 is 11.7 Å². The number of carbonyl (C=O) groups is 2. The molecular weight excluding hydrogens is 262 g/mol. The van der Waals surface area contributed by atoms with E-state index in [0.29, 0.717) is 11.3 Å². The second kappa shape index (κ2) is 5.92. The van der Waals surface area contributed by atoms with Crippen molar-refractivity contribution in [3.8, 4) is 0 Å². The van der Waals surface area contributed by atoms with Gasteiger partial charge in [0, 0.05) is 11.3 Å². The summed E-state index contributed by atoms with van der Waals surface area (Å²) >= 11 is 0. The zero-order chi connectivity index (χ0) is 15.6. The largest absolute Gasteiger partial charge is 0.319 e. The number of anilines is 1. The van der Waals surface area contributed by atoms with Crippen LogP contribution in [0.25, 0.3) is 0 Å². The maximum absolute atomic E-state index is 12.4. The number of rotatable bonds is 3. The van der Waals surface area contributed by atoms with Crippen molar-refractivity contribution in [1.29, 1.82) is 0 Å². The molecule has 2 aromatic rings. The molecule has 0 saturated carbocycles. The summed E-state index contributed by atoms with van der Waals surface area (Å²) in [5.74, 6) is -1.09. The molecule has 3 nitrogen and oxygen atoms in total. The Kier molecular flexibility index (Phi) is 4.22. The first-order valence-electron chi connectivity index (χ1n) is 6.90. The summed E-state index contributed by atoms with van der Waals surface area (Å²) in [5.41, 5.74) is 4.71. The molecule has 21 heavy (non-hydrogen) atoms. The van der Waals surface area contributed by atoms with E-state index in [1.807, 2.05) is 64.1 Å². The molecule has 0 aliphatic rings. The Morgan fingerprint density at radius 2 is 1.19 bits per heavy atom. The fraction of sp³-hybridized carbons (Fsp3) is 0.222. The second-order valence-electron chi connectivity index (χ2n) is 5.32. The van der Waals surface area contributed by atoms with Gasteiger partial charge in [0.1, 0.15) is 0 Å². The lowest BCUT2D eigenvalue weighted by Gasteiger charge is -2.12. The Morgan fingerprint density at radius 3 is 1.67 bits per heavy atom. The molecule has 0 aliphatic heterocycles. The molecule has 0 atom stereocenters. The molecular formula is C18H19NO2. The van der Waals surface area contributed by atoms with Crippen molar-refractivity contribution in [2.75, 3.05) is 5.32 Å². The zero-order valence-electron chi connectivity index (χ0n) is 12.8. The number of para-hydroxylation sites is 1. The molecule has 1 amide bonds. The van der Waals surface area contributed by atoms with Gasteiger partial charge in [-0.3, -0.25) is 9.59 Å². The Hall–Kier alpha value is -2.42. The maximum atomic E-state index is 12.4. The summed E-state index contributed by atoms with van der Waals surface area (Å²) in [4.78, 5) is 24.7. The van der Waals surface area contributed by atoms with Crippen molar-refractivity contribution < 1.29 is 9.59 Å². The van der Waals surface area contributed by atoms with Gasteiger partial charge in [0.05, 0.1) is 0 Å². The van der Waals surface area contributed by atoms with E-state index in [1.165, 1.54) is 0 Å². The highest BCUT2D eigenvalue weighted by molar-refractivity contribution is 6.47. The fourth-order valence-corrected chi connectivity index (χ4v) is 2.47. The van der Waals surface area contributed by atoms with Gasteiger partial charge in [-0.25, -0.2) is 0 Å². The first-order chi connectivity index (χ1) is 9.91. The summed E-state index contributed by atoms with van der Waals surface area (Å²) in [7, 11) is 0. The first-order valence-corrected chi connectivity index (χ1v) is 6.90. The third-order valence-electron chi connectivity index (χ3n) is 3.63. The van der Waals surface area contributed by atoms with E-state index in [1.54, 1.807) is 0 Å².